The molecule has 0 spiro atoms. The Bertz CT molecular complexity index is 1330. The van der Waals surface area contributed by atoms with Crippen LogP contribution in [0.5, 0.6) is 0 Å². The van der Waals surface area contributed by atoms with Gasteiger partial charge in [-0.2, -0.15) is 0 Å². The smallest absolute Gasteiger partial charge is 0.252 e. The van der Waals surface area contributed by atoms with E-state index >= 15 is 0 Å². The zero-order valence-corrected chi connectivity index (χ0v) is 20.8. The minimum absolute atomic E-state index is 0.0503. The molecule has 1 aliphatic rings. The van der Waals surface area contributed by atoms with Gasteiger partial charge in [-0.05, 0) is 72.9 Å². The minimum atomic E-state index is -0.0580. The third-order valence-corrected chi connectivity index (χ3v) is 7.40. The number of furan rings is 1. The number of aromatic nitrogens is 5. The molecule has 0 saturated heterocycles. The molecule has 1 atom stereocenters. The molecule has 1 saturated carbocycles. The van der Waals surface area contributed by atoms with Gasteiger partial charge in [-0.25, -0.2) is 4.68 Å². The summed E-state index contributed by atoms with van der Waals surface area (Å²) >= 11 is 0. The Balaban J connectivity index is 1.53. The lowest BCUT2D eigenvalue weighted by Crippen LogP contribution is -2.33. The standard InChI is InChI=1S/C27H34N6O2/c1-4-24(26-29-30-31-33(26)21-9-6-5-7-10-21)32(17-22-11-8-14-35-22)16-20-15-23-18(2)12-13-19(3)25(23)28-27(20)34/h8,11-15,21,24H,4-7,9-10,16-17H2,1-3H3,(H,28,34)/t24-/m1/s1. The van der Waals surface area contributed by atoms with E-state index in [0.29, 0.717) is 19.1 Å². The maximum Gasteiger partial charge on any atom is 0.252 e. The molecule has 0 unspecified atom stereocenters. The lowest BCUT2D eigenvalue weighted by molar-refractivity contribution is 0.144. The molecule has 8 nitrogen and oxygen atoms in total. The molecule has 1 aromatic carbocycles. The van der Waals surface area contributed by atoms with Crippen molar-refractivity contribution < 1.29 is 4.42 Å². The number of hydrogen-bond donors (Lipinski definition) is 1. The Morgan fingerprint density at radius 3 is 2.69 bits per heavy atom. The molecule has 3 aromatic heterocycles. The van der Waals surface area contributed by atoms with Gasteiger partial charge in [-0.1, -0.05) is 38.3 Å². The highest BCUT2D eigenvalue weighted by molar-refractivity contribution is 5.85. The van der Waals surface area contributed by atoms with Gasteiger partial charge in [0.2, 0.25) is 0 Å². The van der Waals surface area contributed by atoms with Crippen LogP contribution in [0.2, 0.25) is 0 Å². The predicted molar refractivity (Wildman–Crippen MR) is 135 cm³/mol. The van der Waals surface area contributed by atoms with Crippen molar-refractivity contribution >= 4 is 10.9 Å². The second-order valence-corrected chi connectivity index (χ2v) is 9.79. The zero-order valence-electron chi connectivity index (χ0n) is 20.8. The number of fused-ring (bicyclic) bond motifs is 1. The molecule has 1 fully saturated rings. The Labute approximate surface area is 205 Å². The number of aryl methyl sites for hydroxylation is 2. The van der Waals surface area contributed by atoms with Crippen molar-refractivity contribution in [2.24, 2.45) is 0 Å². The fraction of sp³-hybridized carbons (Fsp3) is 0.481. The fourth-order valence-corrected chi connectivity index (χ4v) is 5.44. The number of pyridine rings is 1. The summed E-state index contributed by atoms with van der Waals surface area (Å²) in [6.45, 7) is 7.29. The molecule has 0 amide bonds. The van der Waals surface area contributed by atoms with Crippen LogP contribution in [0.1, 0.15) is 85.8 Å². The first kappa shape index (κ1) is 23.5. The van der Waals surface area contributed by atoms with Crippen LogP contribution in [0.4, 0.5) is 0 Å². The largest absolute Gasteiger partial charge is 0.468 e. The summed E-state index contributed by atoms with van der Waals surface area (Å²) in [5.74, 6) is 1.72. The Kier molecular flexibility index (Phi) is 6.81. The Morgan fingerprint density at radius 2 is 1.94 bits per heavy atom. The van der Waals surface area contributed by atoms with Crippen molar-refractivity contribution in [3.8, 4) is 0 Å². The quantitative estimate of drug-likeness (QED) is 0.368. The molecule has 1 N–H and O–H groups in total. The SMILES string of the molecule is CC[C@H](c1nnnn1C1CCCCC1)N(Cc1ccco1)Cc1cc2c(C)ccc(C)c2[nH]c1=O. The van der Waals surface area contributed by atoms with E-state index in [9.17, 15) is 4.79 Å². The van der Waals surface area contributed by atoms with Crippen molar-refractivity contribution in [1.82, 2.24) is 30.1 Å². The molecule has 8 heteroatoms. The normalized spacial score (nSPS) is 15.8. The molecule has 0 bridgehead atoms. The highest BCUT2D eigenvalue weighted by atomic mass is 16.3. The molecular formula is C27H34N6O2. The second kappa shape index (κ2) is 10.2. The number of hydrogen-bond acceptors (Lipinski definition) is 6. The van der Waals surface area contributed by atoms with Gasteiger partial charge in [-0.3, -0.25) is 9.69 Å². The maximum atomic E-state index is 13.2. The molecule has 5 rings (SSSR count). The maximum absolute atomic E-state index is 13.2. The van der Waals surface area contributed by atoms with Gasteiger partial charge in [0.05, 0.1) is 30.4 Å². The second-order valence-electron chi connectivity index (χ2n) is 9.79. The monoisotopic (exact) mass is 474 g/mol. The van der Waals surface area contributed by atoms with Crippen molar-refractivity contribution in [3.63, 3.8) is 0 Å². The summed E-state index contributed by atoms with van der Waals surface area (Å²) in [5, 5.41) is 14.1. The molecule has 35 heavy (non-hydrogen) atoms. The van der Waals surface area contributed by atoms with E-state index < -0.39 is 0 Å². The third kappa shape index (κ3) is 4.80. The van der Waals surface area contributed by atoms with Crippen molar-refractivity contribution in [2.45, 2.75) is 84.5 Å². The molecule has 1 aliphatic carbocycles. The first-order chi connectivity index (χ1) is 17.0. The Morgan fingerprint density at radius 1 is 1.14 bits per heavy atom. The number of benzene rings is 1. The van der Waals surface area contributed by atoms with E-state index in [1.807, 2.05) is 29.8 Å². The van der Waals surface area contributed by atoms with Crippen LogP contribution in [-0.4, -0.2) is 30.1 Å². The minimum Gasteiger partial charge on any atom is -0.468 e. The van der Waals surface area contributed by atoms with Crippen LogP contribution < -0.4 is 5.56 Å². The predicted octanol–water partition coefficient (Wildman–Crippen LogP) is 5.38. The number of nitrogens with one attached hydrogen (secondary N) is 1. The van der Waals surface area contributed by atoms with Crippen LogP contribution >= 0.6 is 0 Å². The average Bonchev–Trinajstić information content (AvgIpc) is 3.56. The van der Waals surface area contributed by atoms with Crippen molar-refractivity contribution in [3.05, 3.63) is 75.2 Å². The van der Waals surface area contributed by atoms with Crippen LogP contribution in [0, 0.1) is 13.8 Å². The zero-order chi connectivity index (χ0) is 24.4. The van der Waals surface area contributed by atoms with E-state index in [-0.39, 0.29) is 11.6 Å². The molecule has 0 radical (unpaired) electrons. The van der Waals surface area contributed by atoms with Gasteiger partial charge in [0.15, 0.2) is 5.82 Å². The van der Waals surface area contributed by atoms with Gasteiger partial charge in [0.25, 0.3) is 5.56 Å². The summed E-state index contributed by atoms with van der Waals surface area (Å²) in [6.07, 6.45) is 8.42. The lowest BCUT2D eigenvalue weighted by Gasteiger charge is -2.31. The summed E-state index contributed by atoms with van der Waals surface area (Å²) < 4.78 is 7.75. The first-order valence-electron chi connectivity index (χ1n) is 12.7. The number of rotatable bonds is 8. The highest BCUT2D eigenvalue weighted by Crippen LogP contribution is 2.33. The summed E-state index contributed by atoms with van der Waals surface area (Å²) in [5.41, 5.74) is 3.80. The highest BCUT2D eigenvalue weighted by Gasteiger charge is 2.29. The van der Waals surface area contributed by atoms with Crippen molar-refractivity contribution in [1.29, 1.82) is 0 Å². The number of aromatic amines is 1. The summed E-state index contributed by atoms with van der Waals surface area (Å²) in [4.78, 5) is 18.6. The number of H-pyrrole nitrogens is 1. The Hall–Kier alpha value is -3.26. The van der Waals surface area contributed by atoms with Gasteiger partial charge >= 0.3 is 0 Å². The average molecular weight is 475 g/mol. The van der Waals surface area contributed by atoms with E-state index in [2.05, 4.69) is 51.4 Å². The number of nitrogens with zero attached hydrogens (tertiary/aromatic N) is 5. The third-order valence-electron chi connectivity index (χ3n) is 7.40. The topological polar surface area (TPSA) is 92.8 Å². The molecule has 184 valence electrons. The number of tetrazole rings is 1. The lowest BCUT2D eigenvalue weighted by atomic mass is 9.95. The van der Waals surface area contributed by atoms with E-state index in [1.54, 1.807) is 6.26 Å². The van der Waals surface area contributed by atoms with Crippen LogP contribution in [0.3, 0.4) is 0 Å². The summed E-state index contributed by atoms with van der Waals surface area (Å²) in [6, 6.07) is 10.4. The van der Waals surface area contributed by atoms with Gasteiger partial charge in [0.1, 0.15) is 5.76 Å². The van der Waals surface area contributed by atoms with E-state index in [0.717, 1.165) is 58.4 Å². The van der Waals surface area contributed by atoms with Crippen molar-refractivity contribution in [2.75, 3.05) is 0 Å². The van der Waals surface area contributed by atoms with Crippen LogP contribution in [0.25, 0.3) is 10.9 Å². The fourth-order valence-electron chi connectivity index (χ4n) is 5.44. The van der Waals surface area contributed by atoms with Gasteiger partial charge in [0, 0.05) is 17.5 Å². The first-order valence-corrected chi connectivity index (χ1v) is 12.7. The molecule has 0 aliphatic heterocycles. The molecular weight excluding hydrogens is 440 g/mol. The summed E-state index contributed by atoms with van der Waals surface area (Å²) in [7, 11) is 0. The van der Waals surface area contributed by atoms with E-state index in [1.165, 1.54) is 19.3 Å². The molecule has 4 aromatic rings. The molecule has 3 heterocycles. The van der Waals surface area contributed by atoms with Crippen LogP contribution in [-0.2, 0) is 13.1 Å². The van der Waals surface area contributed by atoms with E-state index in [4.69, 9.17) is 4.42 Å². The van der Waals surface area contributed by atoms with Gasteiger partial charge < -0.3 is 9.40 Å². The van der Waals surface area contributed by atoms with Crippen LogP contribution in [0.15, 0.2) is 45.8 Å². The van der Waals surface area contributed by atoms with Gasteiger partial charge in [-0.15, -0.1) is 5.10 Å².